The summed E-state index contributed by atoms with van der Waals surface area (Å²) in [5.74, 6) is -0.964. The van der Waals surface area contributed by atoms with Gasteiger partial charge in [-0.05, 0) is 50.9 Å². The molecule has 0 bridgehead atoms. The van der Waals surface area contributed by atoms with Crippen LogP contribution in [0.15, 0.2) is 18.3 Å². The fraction of sp³-hybridized carbons (Fsp3) is 0.667. The molecule has 3 rings (SSSR count). The molecule has 0 spiro atoms. The first kappa shape index (κ1) is 16.2. The van der Waals surface area contributed by atoms with Crippen LogP contribution in [0.2, 0.25) is 0 Å². The number of H-pyrrole nitrogens is 1. The maximum Gasteiger partial charge on any atom is 0.294 e. The van der Waals surface area contributed by atoms with Crippen molar-refractivity contribution in [3.8, 4) is 0 Å². The van der Waals surface area contributed by atoms with Crippen molar-refractivity contribution in [3.05, 3.63) is 24.0 Å². The molecule has 2 aliphatic rings. The number of carbonyl (C=O) groups excluding carboxylic acids is 2. The van der Waals surface area contributed by atoms with E-state index in [1.807, 2.05) is 0 Å². The van der Waals surface area contributed by atoms with Gasteiger partial charge in [-0.2, -0.15) is 0 Å². The molecule has 1 saturated carbocycles. The first-order chi connectivity index (χ1) is 11.2. The van der Waals surface area contributed by atoms with Gasteiger partial charge in [0.25, 0.3) is 11.7 Å². The van der Waals surface area contributed by atoms with Crippen LogP contribution in [-0.4, -0.2) is 46.7 Å². The Morgan fingerprint density at radius 1 is 1.09 bits per heavy atom. The topological polar surface area (TPSA) is 65.2 Å². The third kappa shape index (κ3) is 3.66. The highest BCUT2D eigenvalue weighted by Gasteiger charge is 2.38. The van der Waals surface area contributed by atoms with Crippen LogP contribution in [0, 0.1) is 0 Å². The zero-order valence-electron chi connectivity index (χ0n) is 13.8. The molecule has 1 amide bonds. The first-order valence-electron chi connectivity index (χ1n) is 8.92. The smallest absolute Gasteiger partial charge is 0.294 e. The van der Waals surface area contributed by atoms with E-state index in [0.29, 0.717) is 12.2 Å². The van der Waals surface area contributed by atoms with Crippen LogP contribution >= 0.6 is 0 Å². The van der Waals surface area contributed by atoms with Crippen LogP contribution in [0.25, 0.3) is 0 Å². The minimum absolute atomic E-state index is 0.0599. The molecule has 5 heteroatoms. The molecule has 5 nitrogen and oxygen atoms in total. The largest absolute Gasteiger partial charge is 0.358 e. The Labute approximate surface area is 137 Å². The van der Waals surface area contributed by atoms with Crippen LogP contribution < -0.4 is 5.32 Å². The first-order valence-corrected chi connectivity index (χ1v) is 8.92. The highest BCUT2D eigenvalue weighted by atomic mass is 16.2. The van der Waals surface area contributed by atoms with Crippen molar-refractivity contribution in [1.82, 2.24) is 15.2 Å². The van der Waals surface area contributed by atoms with E-state index in [2.05, 4.69) is 15.2 Å². The number of carbonyl (C=O) groups is 2. The lowest BCUT2D eigenvalue weighted by Crippen LogP contribution is -2.58. The van der Waals surface area contributed by atoms with Gasteiger partial charge in [-0.15, -0.1) is 0 Å². The average Bonchev–Trinajstić information content (AvgIpc) is 3.15. The number of hydrogen-bond acceptors (Lipinski definition) is 3. The molecule has 0 unspecified atom stereocenters. The maximum absolute atomic E-state index is 12.2. The molecule has 23 heavy (non-hydrogen) atoms. The number of likely N-dealkylation sites (tertiary alicyclic amines) is 1. The molecular weight excluding hydrogens is 290 g/mol. The van der Waals surface area contributed by atoms with Gasteiger partial charge in [-0.1, -0.05) is 25.7 Å². The molecule has 1 aromatic heterocycles. The number of aromatic amines is 1. The zero-order chi connectivity index (χ0) is 16.1. The molecule has 0 atom stereocenters. The van der Waals surface area contributed by atoms with Crippen LogP contribution in [-0.2, 0) is 4.79 Å². The quantitative estimate of drug-likeness (QED) is 0.648. The Hall–Kier alpha value is -1.62. The van der Waals surface area contributed by atoms with E-state index in [1.54, 1.807) is 18.3 Å². The van der Waals surface area contributed by atoms with Gasteiger partial charge in [0.2, 0.25) is 0 Å². The molecule has 2 fully saturated rings. The fourth-order valence-electron chi connectivity index (χ4n) is 4.10. The molecule has 0 aromatic carbocycles. The Kier molecular flexibility index (Phi) is 5.16. The summed E-state index contributed by atoms with van der Waals surface area (Å²) in [5.41, 5.74) is 0.419. The molecule has 2 N–H and O–H groups in total. The molecule has 1 saturated heterocycles. The number of nitrogens with zero attached hydrogens (tertiary/aromatic N) is 1. The van der Waals surface area contributed by atoms with Crippen molar-refractivity contribution in [2.45, 2.75) is 56.9 Å². The second-order valence-corrected chi connectivity index (χ2v) is 6.93. The van der Waals surface area contributed by atoms with Crippen molar-refractivity contribution in [3.63, 3.8) is 0 Å². The number of hydrogen-bond donors (Lipinski definition) is 2. The molecule has 2 heterocycles. The van der Waals surface area contributed by atoms with Gasteiger partial charge >= 0.3 is 0 Å². The summed E-state index contributed by atoms with van der Waals surface area (Å²) in [6.07, 6.45) is 11.4. The van der Waals surface area contributed by atoms with E-state index >= 15 is 0 Å². The van der Waals surface area contributed by atoms with Gasteiger partial charge in [0.05, 0.1) is 5.69 Å². The maximum atomic E-state index is 12.2. The number of rotatable bonds is 5. The van der Waals surface area contributed by atoms with Crippen molar-refractivity contribution in [2.75, 3.05) is 19.6 Å². The monoisotopic (exact) mass is 317 g/mol. The summed E-state index contributed by atoms with van der Waals surface area (Å²) in [7, 11) is 0. The van der Waals surface area contributed by atoms with E-state index < -0.39 is 11.7 Å². The predicted octanol–water partition coefficient (Wildman–Crippen LogP) is 2.50. The standard InChI is InChI=1S/C18H27N3O2/c22-16(15-8-7-11-19-15)17(23)20-14-18(9-3-1-4-10-18)21-12-5-2-6-13-21/h7-8,11,19H,1-6,9-10,12-14H2,(H,20,23). The summed E-state index contributed by atoms with van der Waals surface area (Å²) >= 11 is 0. The molecule has 1 aromatic rings. The molecule has 0 radical (unpaired) electrons. The zero-order valence-corrected chi connectivity index (χ0v) is 13.8. The average molecular weight is 317 g/mol. The third-order valence-corrected chi connectivity index (χ3v) is 5.44. The van der Waals surface area contributed by atoms with Crippen LogP contribution in [0.3, 0.4) is 0 Å². The SMILES string of the molecule is O=C(NCC1(N2CCCCC2)CCCCC1)C(=O)c1ccc[nH]1. The Morgan fingerprint density at radius 3 is 2.43 bits per heavy atom. The second kappa shape index (κ2) is 7.30. The summed E-state index contributed by atoms with van der Waals surface area (Å²) in [5, 5.41) is 2.93. The van der Waals surface area contributed by atoms with Crippen molar-refractivity contribution in [1.29, 1.82) is 0 Å². The van der Waals surface area contributed by atoms with Gasteiger partial charge in [0.1, 0.15) is 0 Å². The van der Waals surface area contributed by atoms with E-state index in [0.717, 1.165) is 25.9 Å². The number of piperidine rings is 1. The van der Waals surface area contributed by atoms with E-state index in [4.69, 9.17) is 0 Å². The summed E-state index contributed by atoms with van der Waals surface area (Å²) in [6, 6.07) is 3.37. The van der Waals surface area contributed by atoms with Gasteiger partial charge in [-0.3, -0.25) is 14.5 Å². The molecule has 126 valence electrons. The number of nitrogens with one attached hydrogen (secondary N) is 2. The second-order valence-electron chi connectivity index (χ2n) is 6.93. The van der Waals surface area contributed by atoms with Crippen LogP contribution in [0.5, 0.6) is 0 Å². The van der Waals surface area contributed by atoms with Crippen molar-refractivity contribution >= 4 is 11.7 Å². The van der Waals surface area contributed by atoms with E-state index in [1.165, 1.54) is 38.5 Å². The van der Waals surface area contributed by atoms with E-state index in [-0.39, 0.29) is 5.54 Å². The number of amides is 1. The van der Waals surface area contributed by atoms with E-state index in [9.17, 15) is 9.59 Å². The summed E-state index contributed by atoms with van der Waals surface area (Å²) < 4.78 is 0. The van der Waals surface area contributed by atoms with Crippen LogP contribution in [0.1, 0.15) is 61.9 Å². The van der Waals surface area contributed by atoms with Gasteiger partial charge in [0, 0.05) is 18.3 Å². The molecular formula is C18H27N3O2. The predicted molar refractivity (Wildman–Crippen MR) is 89.4 cm³/mol. The normalized spacial score (nSPS) is 21.7. The van der Waals surface area contributed by atoms with Crippen molar-refractivity contribution in [2.24, 2.45) is 0 Å². The lowest BCUT2D eigenvalue weighted by Gasteiger charge is -2.48. The van der Waals surface area contributed by atoms with Gasteiger partial charge < -0.3 is 10.3 Å². The minimum Gasteiger partial charge on any atom is -0.358 e. The highest BCUT2D eigenvalue weighted by molar-refractivity contribution is 6.42. The highest BCUT2D eigenvalue weighted by Crippen LogP contribution is 2.35. The van der Waals surface area contributed by atoms with Gasteiger partial charge in [0.15, 0.2) is 0 Å². The fourth-order valence-corrected chi connectivity index (χ4v) is 4.10. The molecule has 1 aliphatic carbocycles. The lowest BCUT2D eigenvalue weighted by atomic mass is 9.79. The summed E-state index contributed by atoms with van der Waals surface area (Å²) in [4.78, 5) is 29.7. The Morgan fingerprint density at radius 2 is 1.78 bits per heavy atom. The number of Topliss-reactive ketones (excluding diaryl/α,β-unsaturated/α-hetero) is 1. The third-order valence-electron chi connectivity index (χ3n) is 5.44. The Bertz CT molecular complexity index is 526. The lowest BCUT2D eigenvalue weighted by molar-refractivity contribution is -0.118. The summed E-state index contributed by atoms with van der Waals surface area (Å²) in [6.45, 7) is 2.85. The van der Waals surface area contributed by atoms with Gasteiger partial charge in [-0.25, -0.2) is 0 Å². The minimum atomic E-state index is -0.491. The van der Waals surface area contributed by atoms with Crippen molar-refractivity contribution < 1.29 is 9.59 Å². The number of aromatic nitrogens is 1. The Balaban J connectivity index is 1.64. The van der Waals surface area contributed by atoms with Crippen LogP contribution in [0.4, 0.5) is 0 Å². The number of ketones is 1. The molecule has 1 aliphatic heterocycles.